The average Bonchev–Trinajstić information content (AvgIpc) is 2.20. The lowest BCUT2D eigenvalue weighted by Crippen LogP contribution is -2.41. The summed E-state index contributed by atoms with van der Waals surface area (Å²) in [5, 5.41) is 7.05. The van der Waals surface area contributed by atoms with Gasteiger partial charge in [0.25, 0.3) is 0 Å². The zero-order valence-electron chi connectivity index (χ0n) is 9.12. The van der Waals surface area contributed by atoms with Crippen molar-refractivity contribution in [1.29, 1.82) is 5.53 Å². The minimum absolute atomic E-state index is 0.201. The van der Waals surface area contributed by atoms with Crippen LogP contribution in [0.4, 0.5) is 0 Å². The second kappa shape index (κ2) is 5.05. The molecule has 0 saturated carbocycles. The minimum atomic E-state index is 0.201. The van der Waals surface area contributed by atoms with E-state index in [1.165, 1.54) is 0 Å². The fourth-order valence-electron chi connectivity index (χ4n) is 1.58. The first-order chi connectivity index (χ1) is 6.69. The fraction of sp³-hybridized carbons (Fsp3) is 0.636. The number of hydrogen-bond acceptors (Lipinski definition) is 3. The molecule has 0 aliphatic heterocycles. The van der Waals surface area contributed by atoms with Gasteiger partial charge in [-0.05, 0) is 25.3 Å². The number of hydrogen-bond donors (Lipinski definition) is 2. The van der Waals surface area contributed by atoms with Gasteiger partial charge in [0.2, 0.25) is 0 Å². The lowest BCUT2D eigenvalue weighted by Gasteiger charge is -2.28. The van der Waals surface area contributed by atoms with Crippen molar-refractivity contribution in [3.63, 3.8) is 0 Å². The van der Waals surface area contributed by atoms with Crippen LogP contribution in [0.5, 0.6) is 0 Å². The molecule has 2 unspecified atom stereocenters. The van der Waals surface area contributed by atoms with Crippen LogP contribution in [-0.4, -0.2) is 12.1 Å². The largest absolute Gasteiger partial charge is 0.306 e. The Balaban J connectivity index is 2.69. The van der Waals surface area contributed by atoms with E-state index in [4.69, 9.17) is 5.53 Å². The van der Waals surface area contributed by atoms with Gasteiger partial charge in [-0.25, -0.2) is 5.53 Å². The van der Waals surface area contributed by atoms with Crippen LogP contribution in [0.2, 0.25) is 0 Å². The summed E-state index contributed by atoms with van der Waals surface area (Å²) >= 11 is 0. The van der Waals surface area contributed by atoms with Gasteiger partial charge in [-0.3, -0.25) is 0 Å². The third-order valence-corrected chi connectivity index (χ3v) is 2.73. The quantitative estimate of drug-likeness (QED) is 0.663. The van der Waals surface area contributed by atoms with E-state index in [0.29, 0.717) is 12.0 Å². The molecule has 14 heavy (non-hydrogen) atoms. The molecule has 2 N–H and O–H groups in total. The molecule has 0 heterocycles. The summed E-state index contributed by atoms with van der Waals surface area (Å²) < 4.78 is 0. The lowest BCUT2D eigenvalue weighted by atomic mass is 9.93. The second-order valence-corrected chi connectivity index (χ2v) is 3.90. The summed E-state index contributed by atoms with van der Waals surface area (Å²) in [7, 11) is 0. The van der Waals surface area contributed by atoms with Crippen LogP contribution in [0.1, 0.15) is 27.2 Å². The fourth-order valence-corrected chi connectivity index (χ4v) is 1.58. The third kappa shape index (κ3) is 2.51. The van der Waals surface area contributed by atoms with Crippen molar-refractivity contribution in [1.82, 2.24) is 5.32 Å². The maximum atomic E-state index is 7.10. The first-order valence-electron chi connectivity index (χ1n) is 5.21. The van der Waals surface area contributed by atoms with Gasteiger partial charge in [0.05, 0.1) is 11.7 Å². The monoisotopic (exact) mass is 193 g/mol. The summed E-state index contributed by atoms with van der Waals surface area (Å²) in [6, 6.07) is 0.673. The summed E-state index contributed by atoms with van der Waals surface area (Å²) in [5.74, 6) is 0.415. The molecule has 1 rings (SSSR count). The van der Waals surface area contributed by atoms with Crippen molar-refractivity contribution >= 4 is 0 Å². The van der Waals surface area contributed by atoms with Crippen LogP contribution in [0.3, 0.4) is 0 Å². The molecule has 1 aliphatic carbocycles. The van der Waals surface area contributed by atoms with Gasteiger partial charge in [-0.1, -0.05) is 26.0 Å². The Bertz CT molecular complexity index is 255. The first kappa shape index (κ1) is 11.1. The molecule has 0 aromatic rings. The molecule has 0 aromatic heterocycles. The molecule has 1 aliphatic rings. The topological polar surface area (TPSA) is 48.2 Å². The standard InChI is InChI=1S/C11H19N3/c1-4-9(3)13-11-8(2)6-5-7-10(11)14-12/h5-9,11-13H,4H2,1-3H3/t8-,9?,11?/m1/s1. The minimum Gasteiger partial charge on any atom is -0.306 e. The van der Waals surface area contributed by atoms with Gasteiger partial charge in [0.1, 0.15) is 0 Å². The maximum Gasteiger partial charge on any atom is 0.0798 e. The molecule has 0 amide bonds. The molecule has 0 radical (unpaired) electrons. The van der Waals surface area contributed by atoms with Crippen LogP contribution < -0.4 is 5.32 Å². The molecule has 0 saturated heterocycles. The second-order valence-electron chi connectivity index (χ2n) is 3.90. The summed E-state index contributed by atoms with van der Waals surface area (Å²) in [6.45, 7) is 6.46. The average molecular weight is 193 g/mol. The van der Waals surface area contributed by atoms with E-state index in [9.17, 15) is 0 Å². The van der Waals surface area contributed by atoms with Crippen molar-refractivity contribution in [2.24, 2.45) is 11.0 Å². The van der Waals surface area contributed by atoms with Gasteiger partial charge < -0.3 is 5.32 Å². The van der Waals surface area contributed by atoms with E-state index < -0.39 is 0 Å². The van der Waals surface area contributed by atoms with Crippen molar-refractivity contribution in [2.45, 2.75) is 39.3 Å². The van der Waals surface area contributed by atoms with Crippen molar-refractivity contribution < 1.29 is 0 Å². The van der Waals surface area contributed by atoms with E-state index >= 15 is 0 Å². The smallest absolute Gasteiger partial charge is 0.0798 e. The lowest BCUT2D eigenvalue weighted by molar-refractivity contribution is 0.408. The van der Waals surface area contributed by atoms with Gasteiger partial charge >= 0.3 is 0 Å². The van der Waals surface area contributed by atoms with Gasteiger partial charge in [-0.15, -0.1) is 0 Å². The molecule has 0 fully saturated rings. The Morgan fingerprint density at radius 3 is 2.93 bits per heavy atom. The Morgan fingerprint density at radius 1 is 1.64 bits per heavy atom. The molecule has 0 spiro atoms. The van der Waals surface area contributed by atoms with Crippen LogP contribution in [0.25, 0.3) is 0 Å². The van der Waals surface area contributed by atoms with Gasteiger partial charge in [0.15, 0.2) is 0 Å². The molecule has 3 atom stereocenters. The van der Waals surface area contributed by atoms with Crippen molar-refractivity contribution in [2.75, 3.05) is 0 Å². The molecule has 3 nitrogen and oxygen atoms in total. The zero-order valence-corrected chi connectivity index (χ0v) is 9.12. The highest BCUT2D eigenvalue weighted by atomic mass is 15.1. The molecule has 3 heteroatoms. The van der Waals surface area contributed by atoms with E-state index in [2.05, 4.69) is 37.3 Å². The van der Waals surface area contributed by atoms with Crippen LogP contribution in [0.15, 0.2) is 29.0 Å². The Labute approximate surface area is 85.8 Å². The highest BCUT2D eigenvalue weighted by Gasteiger charge is 2.22. The van der Waals surface area contributed by atoms with Gasteiger partial charge in [-0.2, -0.15) is 5.11 Å². The van der Waals surface area contributed by atoms with Crippen LogP contribution in [-0.2, 0) is 0 Å². The SMILES string of the molecule is CCC(C)NC1C(N=N)=CC=C[C@H]1C. The predicted molar refractivity (Wildman–Crippen MR) is 58.2 cm³/mol. The number of nitrogens with one attached hydrogen (secondary N) is 2. The number of nitrogens with zero attached hydrogens (tertiary/aromatic N) is 1. The molecule has 78 valence electrons. The van der Waals surface area contributed by atoms with Gasteiger partial charge in [0, 0.05) is 6.04 Å². The number of allylic oxidation sites excluding steroid dienone is 2. The first-order valence-corrected chi connectivity index (χ1v) is 5.21. The summed E-state index contributed by atoms with van der Waals surface area (Å²) in [6.07, 6.45) is 7.13. The maximum absolute atomic E-state index is 7.10. The Hall–Kier alpha value is -0.960. The summed E-state index contributed by atoms with van der Waals surface area (Å²) in [5.41, 5.74) is 7.94. The van der Waals surface area contributed by atoms with Crippen LogP contribution >= 0.6 is 0 Å². The highest BCUT2D eigenvalue weighted by Crippen LogP contribution is 2.20. The van der Waals surface area contributed by atoms with Crippen molar-refractivity contribution in [3.8, 4) is 0 Å². The predicted octanol–water partition coefficient (Wildman–Crippen LogP) is 2.86. The molecule has 0 aromatic carbocycles. The molecular formula is C11H19N3. The Kier molecular flexibility index (Phi) is 4.01. The van der Waals surface area contributed by atoms with E-state index in [1.807, 2.05) is 12.2 Å². The molecule has 0 bridgehead atoms. The highest BCUT2D eigenvalue weighted by molar-refractivity contribution is 5.24. The zero-order chi connectivity index (χ0) is 10.6. The summed E-state index contributed by atoms with van der Waals surface area (Å²) in [4.78, 5) is 0. The van der Waals surface area contributed by atoms with Crippen LogP contribution in [0, 0.1) is 11.4 Å². The number of rotatable bonds is 4. The van der Waals surface area contributed by atoms with E-state index in [-0.39, 0.29) is 6.04 Å². The van der Waals surface area contributed by atoms with Crippen molar-refractivity contribution in [3.05, 3.63) is 23.9 Å². The normalized spacial score (nSPS) is 28.4. The molecular weight excluding hydrogens is 174 g/mol. The van der Waals surface area contributed by atoms with E-state index in [1.54, 1.807) is 0 Å². The van der Waals surface area contributed by atoms with E-state index in [0.717, 1.165) is 12.1 Å². The third-order valence-electron chi connectivity index (χ3n) is 2.73. The Morgan fingerprint density at radius 2 is 2.36 bits per heavy atom.